The number of rotatable bonds is 6. The van der Waals surface area contributed by atoms with Crippen LogP contribution in [-0.4, -0.2) is 45.8 Å². The molecule has 3 rings (SSSR count). The molecule has 0 saturated heterocycles. The van der Waals surface area contributed by atoms with Crippen LogP contribution in [0.5, 0.6) is 0 Å². The quantitative estimate of drug-likeness (QED) is 0.838. The second-order valence-corrected chi connectivity index (χ2v) is 6.46. The van der Waals surface area contributed by atoms with Crippen LogP contribution in [0, 0.1) is 0 Å². The third-order valence-electron chi connectivity index (χ3n) is 4.28. The number of aromatic nitrogens is 2. The number of carbonyl (C=O) groups is 2. The van der Waals surface area contributed by atoms with Gasteiger partial charge in [-0.05, 0) is 38.9 Å². The van der Waals surface area contributed by atoms with Gasteiger partial charge in [0.05, 0.1) is 17.9 Å². The van der Waals surface area contributed by atoms with E-state index >= 15 is 0 Å². The lowest BCUT2D eigenvalue weighted by atomic mass is 10.2. The van der Waals surface area contributed by atoms with Gasteiger partial charge < -0.3 is 5.32 Å². The number of hydrogen-bond acceptors (Lipinski definition) is 4. The summed E-state index contributed by atoms with van der Waals surface area (Å²) in [5.41, 5.74) is 1.98. The minimum absolute atomic E-state index is 0.227. The van der Waals surface area contributed by atoms with Gasteiger partial charge in [0.2, 0.25) is 5.91 Å². The molecule has 0 unspecified atom stereocenters. The van der Waals surface area contributed by atoms with Gasteiger partial charge in [-0.25, -0.2) is 9.48 Å². The molecule has 0 aliphatic heterocycles. The molecular weight excluding hydrogens is 318 g/mol. The molecule has 7 nitrogen and oxygen atoms in total. The Bertz CT molecular complexity index is 739. The standard InChI is InChI=1S/C18H23N5O2/c1-13(17(24)21-18(25)20-15-8-9-15)22(2)11-14-10-19-23(12-14)16-6-4-3-5-7-16/h3-7,10,12-13,15H,8-9,11H2,1-2H3,(H2,20,21,24,25)/t13-/m1/s1. The van der Waals surface area contributed by atoms with Crippen molar-refractivity contribution in [3.8, 4) is 5.69 Å². The normalized spacial score (nSPS) is 15.0. The van der Waals surface area contributed by atoms with Crippen LogP contribution in [0.1, 0.15) is 25.3 Å². The van der Waals surface area contributed by atoms with Gasteiger partial charge in [0, 0.05) is 24.3 Å². The number of benzene rings is 1. The Labute approximate surface area is 147 Å². The smallest absolute Gasteiger partial charge is 0.321 e. The van der Waals surface area contributed by atoms with E-state index in [1.165, 1.54) is 0 Å². The van der Waals surface area contributed by atoms with Gasteiger partial charge in [0.1, 0.15) is 0 Å². The number of amides is 3. The molecular formula is C18H23N5O2. The van der Waals surface area contributed by atoms with E-state index in [9.17, 15) is 9.59 Å². The van der Waals surface area contributed by atoms with E-state index in [0.717, 1.165) is 24.1 Å². The predicted molar refractivity (Wildman–Crippen MR) is 94.2 cm³/mol. The summed E-state index contributed by atoms with van der Waals surface area (Å²) in [5.74, 6) is -0.309. The Morgan fingerprint density at radius 1 is 1.32 bits per heavy atom. The molecule has 2 aromatic rings. The van der Waals surface area contributed by atoms with Gasteiger partial charge >= 0.3 is 6.03 Å². The fourth-order valence-electron chi connectivity index (χ4n) is 2.45. The van der Waals surface area contributed by atoms with Gasteiger partial charge in [0.15, 0.2) is 0 Å². The average molecular weight is 341 g/mol. The van der Waals surface area contributed by atoms with Crippen molar-refractivity contribution < 1.29 is 9.59 Å². The Morgan fingerprint density at radius 2 is 2.04 bits per heavy atom. The topological polar surface area (TPSA) is 79.3 Å². The third-order valence-corrected chi connectivity index (χ3v) is 4.28. The molecule has 1 fully saturated rings. The van der Waals surface area contributed by atoms with Gasteiger partial charge in [0.25, 0.3) is 0 Å². The average Bonchev–Trinajstić information content (AvgIpc) is 3.29. The number of para-hydroxylation sites is 1. The maximum Gasteiger partial charge on any atom is 0.321 e. The molecule has 1 saturated carbocycles. The van der Waals surface area contributed by atoms with E-state index in [-0.39, 0.29) is 11.9 Å². The molecule has 7 heteroatoms. The first-order chi connectivity index (χ1) is 12.0. The minimum Gasteiger partial charge on any atom is -0.335 e. The Morgan fingerprint density at radius 3 is 2.72 bits per heavy atom. The molecule has 1 aliphatic rings. The highest BCUT2D eigenvalue weighted by Gasteiger charge is 2.26. The predicted octanol–water partition coefficient (Wildman–Crippen LogP) is 1.68. The zero-order valence-corrected chi connectivity index (χ0v) is 14.5. The fraction of sp³-hybridized carbons (Fsp3) is 0.389. The molecule has 1 aromatic carbocycles. The molecule has 0 radical (unpaired) electrons. The van der Waals surface area contributed by atoms with Crippen LogP contribution in [-0.2, 0) is 11.3 Å². The lowest BCUT2D eigenvalue weighted by Gasteiger charge is -2.22. The summed E-state index contributed by atoms with van der Waals surface area (Å²) < 4.78 is 1.80. The van der Waals surface area contributed by atoms with Crippen molar-refractivity contribution in [1.29, 1.82) is 0 Å². The van der Waals surface area contributed by atoms with E-state index in [1.54, 1.807) is 17.8 Å². The van der Waals surface area contributed by atoms with Gasteiger partial charge in [-0.2, -0.15) is 5.10 Å². The van der Waals surface area contributed by atoms with Crippen molar-refractivity contribution in [2.75, 3.05) is 7.05 Å². The molecule has 1 aromatic heterocycles. The summed E-state index contributed by atoms with van der Waals surface area (Å²) in [7, 11) is 1.85. The summed E-state index contributed by atoms with van der Waals surface area (Å²) in [4.78, 5) is 25.7. The molecule has 25 heavy (non-hydrogen) atoms. The minimum atomic E-state index is -0.426. The lowest BCUT2D eigenvalue weighted by Crippen LogP contribution is -2.48. The molecule has 3 amide bonds. The molecule has 1 atom stereocenters. The van der Waals surface area contributed by atoms with Gasteiger partial charge in [-0.3, -0.25) is 15.0 Å². The second-order valence-electron chi connectivity index (χ2n) is 6.46. The largest absolute Gasteiger partial charge is 0.335 e. The lowest BCUT2D eigenvalue weighted by molar-refractivity contribution is -0.124. The number of imide groups is 1. The summed E-state index contributed by atoms with van der Waals surface area (Å²) in [6.45, 7) is 2.34. The van der Waals surface area contributed by atoms with Gasteiger partial charge in [-0.15, -0.1) is 0 Å². The van der Waals surface area contributed by atoms with Crippen molar-refractivity contribution in [1.82, 2.24) is 25.3 Å². The number of carbonyl (C=O) groups excluding carboxylic acids is 2. The van der Waals surface area contributed by atoms with E-state index in [0.29, 0.717) is 6.54 Å². The van der Waals surface area contributed by atoms with Crippen LogP contribution in [0.25, 0.3) is 5.69 Å². The highest BCUT2D eigenvalue weighted by molar-refractivity contribution is 5.96. The third kappa shape index (κ3) is 4.67. The highest BCUT2D eigenvalue weighted by atomic mass is 16.2. The number of likely N-dealkylation sites (N-methyl/N-ethyl adjacent to an activating group) is 1. The molecule has 2 N–H and O–H groups in total. The monoisotopic (exact) mass is 341 g/mol. The van der Waals surface area contributed by atoms with Crippen LogP contribution in [0.3, 0.4) is 0 Å². The van der Waals surface area contributed by atoms with Crippen molar-refractivity contribution >= 4 is 11.9 Å². The van der Waals surface area contributed by atoms with Crippen LogP contribution >= 0.6 is 0 Å². The summed E-state index contributed by atoms with van der Waals surface area (Å²) >= 11 is 0. The van der Waals surface area contributed by atoms with E-state index < -0.39 is 12.1 Å². The van der Waals surface area contributed by atoms with Crippen LogP contribution in [0.15, 0.2) is 42.7 Å². The first-order valence-electron chi connectivity index (χ1n) is 8.43. The number of urea groups is 1. The van der Waals surface area contributed by atoms with Crippen molar-refractivity contribution in [3.63, 3.8) is 0 Å². The first kappa shape index (κ1) is 17.2. The van der Waals surface area contributed by atoms with Crippen LogP contribution < -0.4 is 10.6 Å². The molecule has 0 spiro atoms. The van der Waals surface area contributed by atoms with E-state index in [2.05, 4.69) is 15.7 Å². The number of nitrogens with one attached hydrogen (secondary N) is 2. The highest BCUT2D eigenvalue weighted by Crippen LogP contribution is 2.18. The maximum atomic E-state index is 12.2. The van der Waals surface area contributed by atoms with Crippen LogP contribution in [0.4, 0.5) is 4.79 Å². The summed E-state index contributed by atoms with van der Waals surface area (Å²) in [6, 6.07) is 9.23. The Kier molecular flexibility index (Phi) is 5.14. The zero-order chi connectivity index (χ0) is 17.8. The maximum absolute atomic E-state index is 12.2. The second kappa shape index (κ2) is 7.48. The molecule has 1 aliphatic carbocycles. The van der Waals surface area contributed by atoms with E-state index in [1.807, 2.05) is 48.5 Å². The van der Waals surface area contributed by atoms with Crippen molar-refractivity contribution in [2.24, 2.45) is 0 Å². The molecule has 132 valence electrons. The SMILES string of the molecule is C[C@H](C(=O)NC(=O)NC1CC1)N(C)Cc1cnn(-c2ccccc2)c1. The Hall–Kier alpha value is -2.67. The van der Waals surface area contributed by atoms with Gasteiger partial charge in [-0.1, -0.05) is 18.2 Å². The fourth-order valence-corrected chi connectivity index (χ4v) is 2.45. The number of nitrogens with zero attached hydrogens (tertiary/aromatic N) is 3. The summed E-state index contributed by atoms with van der Waals surface area (Å²) in [6.07, 6.45) is 5.70. The van der Waals surface area contributed by atoms with Crippen molar-refractivity contribution in [3.05, 3.63) is 48.3 Å². The van der Waals surface area contributed by atoms with Crippen molar-refractivity contribution in [2.45, 2.75) is 38.4 Å². The summed E-state index contributed by atoms with van der Waals surface area (Å²) in [5, 5.41) is 9.50. The number of hydrogen-bond donors (Lipinski definition) is 2. The molecule has 1 heterocycles. The Balaban J connectivity index is 1.54. The zero-order valence-electron chi connectivity index (χ0n) is 14.5. The molecule has 0 bridgehead atoms. The van der Waals surface area contributed by atoms with E-state index in [4.69, 9.17) is 0 Å². The first-order valence-corrected chi connectivity index (χ1v) is 8.43. The van der Waals surface area contributed by atoms with Crippen LogP contribution in [0.2, 0.25) is 0 Å².